The summed E-state index contributed by atoms with van der Waals surface area (Å²) in [6, 6.07) is 11.4. The van der Waals surface area contributed by atoms with Crippen LogP contribution >= 0.6 is 0 Å². The molecule has 5 nitrogen and oxygen atoms in total. The second-order valence-electron chi connectivity index (χ2n) is 7.74. The Balaban J connectivity index is 2.20. The number of carbonyl (C=O) groups is 1. The van der Waals surface area contributed by atoms with E-state index in [0.717, 1.165) is 38.9 Å². The lowest BCUT2D eigenvalue weighted by Gasteiger charge is -2.35. The minimum Gasteiger partial charge on any atom is -0.366 e. The maximum atomic E-state index is 10.7. The van der Waals surface area contributed by atoms with Crippen LogP contribution in [0.15, 0.2) is 42.5 Å². The molecule has 2 atom stereocenters. The molecule has 0 saturated heterocycles. The van der Waals surface area contributed by atoms with Crippen molar-refractivity contribution in [1.82, 2.24) is 16.0 Å². The number of hydrogen-bond donors (Lipinski definition) is 4. The number of likely N-dealkylation sites (N-methyl/N-ethyl adjacent to an activating group) is 1. The molecule has 1 aromatic rings. The van der Waals surface area contributed by atoms with Crippen molar-refractivity contribution in [3.8, 4) is 0 Å². The maximum absolute atomic E-state index is 10.7. The monoisotopic (exact) mass is 374 g/mol. The van der Waals surface area contributed by atoms with Gasteiger partial charge in [0.05, 0.1) is 0 Å². The van der Waals surface area contributed by atoms with E-state index in [-0.39, 0.29) is 11.3 Å². The molecule has 1 rings (SSSR count). The minimum atomic E-state index is -0.386. The van der Waals surface area contributed by atoms with Gasteiger partial charge in [-0.05, 0) is 58.0 Å². The number of hydrogen-bond acceptors (Lipinski definition) is 4. The zero-order valence-electron chi connectivity index (χ0n) is 17.4. The highest BCUT2D eigenvalue weighted by Gasteiger charge is 2.29. The number of nitrogens with one attached hydrogen (secondary N) is 3. The quantitative estimate of drug-likeness (QED) is 0.298. The second-order valence-corrected chi connectivity index (χ2v) is 7.74. The number of unbranched alkanes of at least 4 members (excludes halogenated alkanes) is 1. The summed E-state index contributed by atoms with van der Waals surface area (Å²) in [6.07, 6.45) is 6.34. The lowest BCUT2D eigenvalue weighted by atomic mass is 9.77. The van der Waals surface area contributed by atoms with Crippen LogP contribution in [0.25, 0.3) is 0 Å². The number of carbonyl (C=O) groups excluding carboxylic acids is 1. The highest BCUT2D eigenvalue weighted by molar-refractivity contribution is 5.85. The molecule has 5 N–H and O–H groups in total. The van der Waals surface area contributed by atoms with E-state index >= 15 is 0 Å². The molecule has 0 bridgehead atoms. The topological polar surface area (TPSA) is 79.2 Å². The van der Waals surface area contributed by atoms with Crippen LogP contribution in [0.5, 0.6) is 0 Å². The molecule has 0 saturated carbocycles. The minimum absolute atomic E-state index is 0.0679. The van der Waals surface area contributed by atoms with Gasteiger partial charge in [0, 0.05) is 24.0 Å². The average Bonchev–Trinajstić information content (AvgIpc) is 2.64. The average molecular weight is 375 g/mol. The summed E-state index contributed by atoms with van der Waals surface area (Å²) in [5.41, 5.74) is 6.50. The van der Waals surface area contributed by atoms with Crippen molar-refractivity contribution in [3.63, 3.8) is 0 Å². The Labute approximate surface area is 165 Å². The fourth-order valence-electron chi connectivity index (χ4n) is 3.23. The smallest absolute Gasteiger partial charge is 0.241 e. The van der Waals surface area contributed by atoms with Crippen molar-refractivity contribution < 1.29 is 4.79 Å². The van der Waals surface area contributed by atoms with E-state index in [1.807, 2.05) is 13.1 Å². The molecule has 1 aromatic carbocycles. The largest absolute Gasteiger partial charge is 0.366 e. The molecule has 2 unspecified atom stereocenters. The second kappa shape index (κ2) is 12.7. The molecule has 0 heterocycles. The van der Waals surface area contributed by atoms with E-state index in [4.69, 9.17) is 5.73 Å². The lowest BCUT2D eigenvalue weighted by molar-refractivity contribution is -0.113. The van der Waals surface area contributed by atoms with Crippen LogP contribution in [-0.4, -0.2) is 44.7 Å². The Morgan fingerprint density at radius 3 is 2.48 bits per heavy atom. The number of nitrogens with two attached hydrogens (primary N) is 1. The zero-order valence-corrected chi connectivity index (χ0v) is 17.4. The number of benzene rings is 1. The van der Waals surface area contributed by atoms with Gasteiger partial charge in [-0.15, -0.1) is 0 Å². The maximum Gasteiger partial charge on any atom is 0.241 e. The first-order valence-corrected chi connectivity index (χ1v) is 10.0. The zero-order chi connectivity index (χ0) is 20.1. The van der Waals surface area contributed by atoms with Crippen LogP contribution in [0.1, 0.15) is 45.6 Å². The molecule has 5 heteroatoms. The van der Waals surface area contributed by atoms with Crippen LogP contribution in [0.2, 0.25) is 0 Å². The fraction of sp³-hybridized carbons (Fsp3) is 0.591. The van der Waals surface area contributed by atoms with Gasteiger partial charge in [-0.3, -0.25) is 4.79 Å². The van der Waals surface area contributed by atoms with Crippen LogP contribution in [0, 0.1) is 0 Å². The number of primary amides is 1. The molecule has 0 spiro atoms. The standard InChI is InChI=1S/C22H38N4O/c1-18(11-10-14-21(23)27)26-16-9-8-15-25-17-20(24-4)22(2,3)19-12-6-5-7-13-19/h5-7,10,12-14,18,20,24-26H,8-9,11,15-17H2,1-4H3,(H2,23,27). The van der Waals surface area contributed by atoms with E-state index in [1.165, 1.54) is 11.6 Å². The normalized spacial score (nSPS) is 14.4. The number of rotatable bonds is 14. The van der Waals surface area contributed by atoms with Gasteiger partial charge in [-0.2, -0.15) is 0 Å². The summed E-state index contributed by atoms with van der Waals surface area (Å²) in [5, 5.41) is 10.5. The highest BCUT2D eigenvalue weighted by Crippen LogP contribution is 2.26. The molecular weight excluding hydrogens is 336 g/mol. The van der Waals surface area contributed by atoms with Crippen molar-refractivity contribution in [2.75, 3.05) is 26.7 Å². The first-order valence-electron chi connectivity index (χ1n) is 10.0. The van der Waals surface area contributed by atoms with Crippen LogP contribution in [0.3, 0.4) is 0 Å². The first kappa shape index (κ1) is 23.3. The van der Waals surface area contributed by atoms with Crippen LogP contribution in [-0.2, 0) is 10.2 Å². The SMILES string of the molecule is CNC(CNCCCCNC(C)CC=CC(N)=O)C(C)(C)c1ccccc1. The molecule has 0 aliphatic heterocycles. The fourth-order valence-corrected chi connectivity index (χ4v) is 3.23. The molecule has 0 aliphatic rings. The molecular formula is C22H38N4O. The van der Waals surface area contributed by atoms with E-state index in [9.17, 15) is 4.79 Å². The molecule has 0 radical (unpaired) electrons. The van der Waals surface area contributed by atoms with E-state index in [0.29, 0.717) is 12.1 Å². The summed E-state index contributed by atoms with van der Waals surface area (Å²) >= 11 is 0. The molecule has 27 heavy (non-hydrogen) atoms. The van der Waals surface area contributed by atoms with E-state index in [2.05, 4.69) is 67.1 Å². The van der Waals surface area contributed by atoms with Gasteiger partial charge in [0.25, 0.3) is 0 Å². The summed E-state index contributed by atoms with van der Waals surface area (Å²) < 4.78 is 0. The Morgan fingerprint density at radius 1 is 1.19 bits per heavy atom. The Morgan fingerprint density at radius 2 is 1.85 bits per heavy atom. The summed E-state index contributed by atoms with van der Waals surface area (Å²) in [6.45, 7) is 9.65. The Kier molecular flexibility index (Phi) is 10.9. The van der Waals surface area contributed by atoms with Crippen molar-refractivity contribution in [1.29, 1.82) is 0 Å². The Bertz CT molecular complexity index is 557. The predicted octanol–water partition coefficient (Wildman–Crippen LogP) is 2.33. The van der Waals surface area contributed by atoms with Crippen LogP contribution in [0.4, 0.5) is 0 Å². The lowest BCUT2D eigenvalue weighted by Crippen LogP contribution is -2.49. The van der Waals surface area contributed by atoms with Gasteiger partial charge >= 0.3 is 0 Å². The molecule has 152 valence electrons. The third-order valence-electron chi connectivity index (χ3n) is 5.13. The van der Waals surface area contributed by atoms with Gasteiger partial charge in [0.15, 0.2) is 0 Å². The third-order valence-corrected chi connectivity index (χ3v) is 5.13. The van der Waals surface area contributed by atoms with Gasteiger partial charge < -0.3 is 21.7 Å². The van der Waals surface area contributed by atoms with Gasteiger partial charge in [-0.1, -0.05) is 50.3 Å². The van der Waals surface area contributed by atoms with Crippen LogP contribution < -0.4 is 21.7 Å². The number of amides is 1. The molecule has 0 aromatic heterocycles. The molecule has 1 amide bonds. The van der Waals surface area contributed by atoms with Crippen molar-refractivity contribution in [2.45, 2.75) is 57.5 Å². The molecule has 0 fully saturated rings. The summed E-state index contributed by atoms with van der Waals surface area (Å²) in [5.74, 6) is -0.386. The van der Waals surface area contributed by atoms with Crippen molar-refractivity contribution >= 4 is 5.91 Å². The van der Waals surface area contributed by atoms with Gasteiger partial charge in [0.1, 0.15) is 0 Å². The third kappa shape index (κ3) is 9.18. The summed E-state index contributed by atoms with van der Waals surface area (Å²) in [7, 11) is 2.04. The van der Waals surface area contributed by atoms with Crippen molar-refractivity contribution in [2.24, 2.45) is 5.73 Å². The molecule has 0 aliphatic carbocycles. The van der Waals surface area contributed by atoms with E-state index in [1.54, 1.807) is 0 Å². The predicted molar refractivity (Wildman–Crippen MR) is 115 cm³/mol. The van der Waals surface area contributed by atoms with E-state index < -0.39 is 0 Å². The summed E-state index contributed by atoms with van der Waals surface area (Å²) in [4.78, 5) is 10.7. The van der Waals surface area contributed by atoms with Gasteiger partial charge in [0.2, 0.25) is 5.91 Å². The van der Waals surface area contributed by atoms with Crippen molar-refractivity contribution in [3.05, 3.63) is 48.0 Å². The Hall–Kier alpha value is -1.69. The highest BCUT2D eigenvalue weighted by atomic mass is 16.1. The van der Waals surface area contributed by atoms with Gasteiger partial charge in [-0.25, -0.2) is 0 Å². The first-order chi connectivity index (χ1) is 12.9.